The first kappa shape index (κ1) is 66.7. The summed E-state index contributed by atoms with van der Waals surface area (Å²) in [6.45, 7) is 23.8. The zero-order valence-electron chi connectivity index (χ0n) is 30.4. The summed E-state index contributed by atoms with van der Waals surface area (Å²) in [5.74, 6) is 0.874. The number of Topliss-reactive ketones (excluding diaryl/α,β-unsaturated/α-hetero) is 3. The molecule has 0 aromatic carbocycles. The Morgan fingerprint density at radius 1 is 0.468 bits per heavy atom. The number of carbonyl (C=O) groups excluding carboxylic acids is 6. The lowest BCUT2D eigenvalue weighted by molar-refractivity contribution is -0.119. The maximum Gasteiger partial charge on any atom is 0.216 e. The van der Waals surface area contributed by atoms with E-state index in [0.717, 1.165) is 71.3 Å². The van der Waals surface area contributed by atoms with E-state index in [0.29, 0.717) is 31.8 Å². The normalized spacial score (nSPS) is 8.17. The van der Waals surface area contributed by atoms with Crippen molar-refractivity contribution in [3.05, 3.63) is 0 Å². The molecule has 0 spiro atoms. The molecule has 0 heterocycles. The van der Waals surface area contributed by atoms with Crippen LogP contribution in [0.15, 0.2) is 0 Å². The van der Waals surface area contributed by atoms with E-state index < -0.39 is 0 Å². The number of ether oxygens (including phenoxy) is 2. The highest BCUT2D eigenvalue weighted by Gasteiger charge is 1.92. The first-order valence-electron chi connectivity index (χ1n) is 15.9. The third kappa shape index (κ3) is 136. The second kappa shape index (κ2) is 62.2. The fourth-order valence-corrected chi connectivity index (χ4v) is 1.94. The highest BCUT2D eigenvalue weighted by atomic mass is 16.5. The van der Waals surface area contributed by atoms with Gasteiger partial charge in [-0.05, 0) is 52.9 Å². The number of amides is 3. The number of nitrogens with one attached hydrogen (secondary N) is 3. The van der Waals surface area contributed by atoms with Crippen molar-refractivity contribution >= 4 is 35.1 Å². The van der Waals surface area contributed by atoms with Gasteiger partial charge in [0.25, 0.3) is 0 Å². The lowest BCUT2D eigenvalue weighted by Crippen LogP contribution is -2.24. The van der Waals surface area contributed by atoms with E-state index in [1.165, 1.54) is 20.8 Å². The minimum absolute atomic E-state index is 0. The Morgan fingerprint density at radius 3 is 1.06 bits per heavy atom. The SMILES string of the molecule is C.C.C.CCC(C)=O.CCCCC(C)=O.CCCNC(C)=O.CCCOCCCC(C)=O.CCCOCCNC(C)=O.CNC(C)=O. The molecule has 11 nitrogen and oxygen atoms in total. The monoisotopic (exact) mass is 684 g/mol. The Hall–Kier alpha value is -2.66. The van der Waals surface area contributed by atoms with E-state index in [1.807, 2.05) is 13.8 Å². The quantitative estimate of drug-likeness (QED) is 0.135. The van der Waals surface area contributed by atoms with Gasteiger partial charge in [-0.1, -0.05) is 63.3 Å². The zero-order chi connectivity index (χ0) is 35.6. The van der Waals surface area contributed by atoms with E-state index >= 15 is 0 Å². The molecule has 47 heavy (non-hydrogen) atoms. The Balaban J connectivity index is -0.0000000530. The van der Waals surface area contributed by atoms with Gasteiger partial charge >= 0.3 is 0 Å². The van der Waals surface area contributed by atoms with Crippen LogP contribution in [-0.2, 0) is 38.2 Å². The molecule has 0 bridgehead atoms. The van der Waals surface area contributed by atoms with Crippen molar-refractivity contribution in [3.8, 4) is 0 Å². The minimum atomic E-state index is 0. The molecule has 0 aliphatic rings. The molecule has 0 fully saturated rings. The summed E-state index contributed by atoms with van der Waals surface area (Å²) in [4.78, 5) is 60.5. The summed E-state index contributed by atoms with van der Waals surface area (Å²) in [6.07, 6.45) is 8.23. The number of hydrogen-bond donors (Lipinski definition) is 3. The highest BCUT2D eigenvalue weighted by molar-refractivity contribution is 5.76. The second-order valence-corrected chi connectivity index (χ2v) is 9.66. The standard InChI is InChI=1S/C8H16O2.C7H15NO2.C6H12O.C5H11NO.C4H8O.C3H7NO.3CH4/c1-3-6-10-7-4-5-8(2)9;1-3-5-10-6-4-8-7(2)9;1-3-4-5-6(2)7;1-3-4-6-5(2)7;1-3-4(2)5;1-3(5)4-2;;;/h3-7H2,1-2H3;3-6H2,1-2H3,(H,8,9);3-5H2,1-2H3;3-4H2,1-2H3,(H,6,7);3H2,1-2H3;1-2H3,(H,4,5);3*1H4. The van der Waals surface area contributed by atoms with Gasteiger partial charge in [0.15, 0.2) is 0 Å². The van der Waals surface area contributed by atoms with Crippen molar-refractivity contribution in [2.45, 2.75) is 156 Å². The van der Waals surface area contributed by atoms with Gasteiger partial charge < -0.3 is 39.8 Å². The molecule has 0 unspecified atom stereocenters. The molecule has 11 heteroatoms. The summed E-state index contributed by atoms with van der Waals surface area (Å²) >= 11 is 0. The molecule has 0 rings (SSSR count). The van der Waals surface area contributed by atoms with E-state index in [-0.39, 0.29) is 51.6 Å². The van der Waals surface area contributed by atoms with Crippen LogP contribution in [0.2, 0.25) is 0 Å². The Bertz CT molecular complexity index is 617. The maximum atomic E-state index is 10.4. The number of unbranched alkanes of at least 4 members (excludes halogenated alkanes) is 1. The molecule has 0 aliphatic heterocycles. The largest absolute Gasteiger partial charge is 0.381 e. The topological polar surface area (TPSA) is 157 Å². The first-order chi connectivity index (χ1) is 20.6. The van der Waals surface area contributed by atoms with Gasteiger partial charge in [-0.15, -0.1) is 0 Å². The summed E-state index contributed by atoms with van der Waals surface area (Å²) < 4.78 is 10.3. The fourth-order valence-electron chi connectivity index (χ4n) is 1.94. The molecular formula is C36H81N3O8. The smallest absolute Gasteiger partial charge is 0.216 e. The van der Waals surface area contributed by atoms with Crippen LogP contribution in [-0.4, -0.2) is 81.6 Å². The van der Waals surface area contributed by atoms with Gasteiger partial charge in [-0.2, -0.15) is 0 Å². The van der Waals surface area contributed by atoms with E-state index in [2.05, 4.69) is 36.7 Å². The Kier molecular flexibility index (Phi) is 88.3. The van der Waals surface area contributed by atoms with Crippen molar-refractivity contribution in [3.63, 3.8) is 0 Å². The van der Waals surface area contributed by atoms with Gasteiger partial charge in [0.2, 0.25) is 17.7 Å². The summed E-state index contributed by atoms with van der Waals surface area (Å²) in [5.41, 5.74) is 0. The summed E-state index contributed by atoms with van der Waals surface area (Å²) in [7, 11) is 1.60. The predicted octanol–water partition coefficient (Wildman–Crippen LogP) is 7.28. The van der Waals surface area contributed by atoms with Crippen molar-refractivity contribution in [2.75, 3.05) is 46.6 Å². The molecule has 0 atom stereocenters. The molecule has 0 aromatic heterocycles. The number of carbonyl (C=O) groups is 6. The van der Waals surface area contributed by atoms with Gasteiger partial charge in [-0.3, -0.25) is 14.4 Å². The van der Waals surface area contributed by atoms with Crippen molar-refractivity contribution < 1.29 is 38.2 Å². The van der Waals surface area contributed by atoms with Crippen LogP contribution in [0.5, 0.6) is 0 Å². The van der Waals surface area contributed by atoms with Crippen LogP contribution in [0.25, 0.3) is 0 Å². The van der Waals surface area contributed by atoms with E-state index in [9.17, 15) is 28.8 Å². The predicted molar refractivity (Wildman–Crippen MR) is 201 cm³/mol. The van der Waals surface area contributed by atoms with Gasteiger partial charge in [-0.25, -0.2) is 0 Å². The van der Waals surface area contributed by atoms with Crippen LogP contribution in [0.4, 0.5) is 0 Å². The molecule has 0 radical (unpaired) electrons. The zero-order valence-corrected chi connectivity index (χ0v) is 30.4. The molecule has 0 aromatic rings. The van der Waals surface area contributed by atoms with Crippen molar-refractivity contribution in [2.24, 2.45) is 0 Å². The van der Waals surface area contributed by atoms with Gasteiger partial charge in [0.05, 0.1) is 6.61 Å². The van der Waals surface area contributed by atoms with E-state index in [4.69, 9.17) is 9.47 Å². The molecule has 0 saturated carbocycles. The number of hydrogen-bond acceptors (Lipinski definition) is 8. The fraction of sp³-hybridized carbons (Fsp3) is 0.833. The second-order valence-electron chi connectivity index (χ2n) is 9.66. The minimum Gasteiger partial charge on any atom is -0.381 e. The first-order valence-corrected chi connectivity index (χ1v) is 15.9. The number of rotatable bonds is 17. The van der Waals surface area contributed by atoms with Crippen LogP contribution in [0.1, 0.15) is 156 Å². The lowest BCUT2D eigenvalue weighted by atomic mass is 10.2. The maximum absolute atomic E-state index is 10.4. The molecule has 3 N–H and O–H groups in total. The summed E-state index contributed by atoms with van der Waals surface area (Å²) in [5, 5.41) is 7.69. The van der Waals surface area contributed by atoms with Crippen LogP contribution in [0, 0.1) is 0 Å². The molecule has 288 valence electrons. The van der Waals surface area contributed by atoms with Crippen LogP contribution < -0.4 is 16.0 Å². The average Bonchev–Trinajstić information content (AvgIpc) is 2.96. The Labute approximate surface area is 291 Å². The molecule has 3 amide bonds. The van der Waals surface area contributed by atoms with Crippen LogP contribution in [0.3, 0.4) is 0 Å². The third-order valence-electron chi connectivity index (χ3n) is 4.49. The van der Waals surface area contributed by atoms with Gasteiger partial charge in [0, 0.05) is 80.0 Å². The third-order valence-corrected chi connectivity index (χ3v) is 4.49. The Morgan fingerprint density at radius 2 is 0.830 bits per heavy atom. The van der Waals surface area contributed by atoms with Gasteiger partial charge in [0.1, 0.15) is 17.3 Å². The van der Waals surface area contributed by atoms with E-state index in [1.54, 1.807) is 27.8 Å². The van der Waals surface area contributed by atoms with Crippen molar-refractivity contribution in [1.29, 1.82) is 0 Å². The number of ketones is 3. The molecule has 0 saturated heterocycles. The van der Waals surface area contributed by atoms with Crippen LogP contribution >= 0.6 is 0 Å². The average molecular weight is 684 g/mol. The summed E-state index contributed by atoms with van der Waals surface area (Å²) in [6, 6.07) is 0. The van der Waals surface area contributed by atoms with Crippen molar-refractivity contribution in [1.82, 2.24) is 16.0 Å². The molecule has 0 aliphatic carbocycles. The highest BCUT2D eigenvalue weighted by Crippen LogP contribution is 1.93. The molecular weight excluding hydrogens is 602 g/mol. The lowest BCUT2D eigenvalue weighted by Gasteiger charge is -2.01.